The second-order valence-electron chi connectivity index (χ2n) is 8.20. The van der Waals surface area contributed by atoms with E-state index in [1.165, 1.54) is 11.6 Å². The Labute approximate surface area is 149 Å². The van der Waals surface area contributed by atoms with Crippen molar-refractivity contribution < 1.29 is 13.9 Å². The van der Waals surface area contributed by atoms with Crippen molar-refractivity contribution >= 4 is 6.09 Å². The fourth-order valence-electron chi connectivity index (χ4n) is 3.90. The highest BCUT2D eigenvalue weighted by Gasteiger charge is 2.38. The largest absolute Gasteiger partial charge is 0.444 e. The van der Waals surface area contributed by atoms with Crippen LogP contribution in [0, 0.1) is 5.82 Å². The van der Waals surface area contributed by atoms with Crippen LogP contribution in [0.5, 0.6) is 0 Å². The van der Waals surface area contributed by atoms with E-state index >= 15 is 0 Å². The Morgan fingerprint density at radius 3 is 2.76 bits per heavy atom. The summed E-state index contributed by atoms with van der Waals surface area (Å²) in [5, 5.41) is 0. The van der Waals surface area contributed by atoms with Crippen LogP contribution in [-0.4, -0.2) is 28.7 Å². The summed E-state index contributed by atoms with van der Waals surface area (Å²) < 4.78 is 18.9. The van der Waals surface area contributed by atoms with Gasteiger partial charge in [-0.2, -0.15) is 0 Å². The van der Waals surface area contributed by atoms with Crippen molar-refractivity contribution in [1.82, 2.24) is 4.90 Å². The number of carbonyl (C=O) groups excluding carboxylic acids is 1. The van der Waals surface area contributed by atoms with Crippen molar-refractivity contribution in [2.45, 2.75) is 77.0 Å². The molecule has 136 valence electrons. The van der Waals surface area contributed by atoms with Crippen LogP contribution in [0.3, 0.4) is 0 Å². The van der Waals surface area contributed by atoms with Crippen molar-refractivity contribution in [3.05, 3.63) is 47.3 Å². The Morgan fingerprint density at radius 1 is 1.28 bits per heavy atom. The molecule has 1 saturated heterocycles. The Bertz CT molecular complexity index is 662. The standard InChI is InChI=1S/C21H28FNO2/c1-21(2,3)25-20(24)23-18-8-5-9-19(23)14-16(13-18)11-10-15-6-4-7-17(22)12-15/h4,6-7,12-13,18-19H,5,8-11,14H2,1-3H3. The molecule has 2 aliphatic heterocycles. The zero-order chi connectivity index (χ0) is 18.0. The average molecular weight is 345 g/mol. The molecule has 2 unspecified atom stereocenters. The van der Waals surface area contributed by atoms with E-state index < -0.39 is 5.60 Å². The lowest BCUT2D eigenvalue weighted by Gasteiger charge is -2.45. The number of hydrogen-bond donors (Lipinski definition) is 0. The van der Waals surface area contributed by atoms with Gasteiger partial charge in [0.25, 0.3) is 0 Å². The molecule has 0 saturated carbocycles. The molecule has 0 aromatic heterocycles. The lowest BCUT2D eigenvalue weighted by molar-refractivity contribution is -0.00157. The highest BCUT2D eigenvalue weighted by molar-refractivity contribution is 5.70. The highest BCUT2D eigenvalue weighted by Crippen LogP contribution is 2.35. The van der Waals surface area contributed by atoms with Crippen LogP contribution < -0.4 is 0 Å². The number of piperidine rings is 1. The van der Waals surface area contributed by atoms with Gasteiger partial charge in [-0.05, 0) is 77.0 Å². The fraction of sp³-hybridized carbons (Fsp3) is 0.571. The summed E-state index contributed by atoms with van der Waals surface area (Å²) in [7, 11) is 0. The number of hydrogen-bond acceptors (Lipinski definition) is 2. The highest BCUT2D eigenvalue weighted by atomic mass is 19.1. The maximum Gasteiger partial charge on any atom is 0.411 e. The third-order valence-electron chi connectivity index (χ3n) is 4.94. The second-order valence-corrected chi connectivity index (χ2v) is 8.20. The summed E-state index contributed by atoms with van der Waals surface area (Å²) in [4.78, 5) is 14.5. The van der Waals surface area contributed by atoms with E-state index in [2.05, 4.69) is 6.08 Å². The smallest absolute Gasteiger partial charge is 0.411 e. The fourth-order valence-corrected chi connectivity index (χ4v) is 3.90. The molecule has 2 heterocycles. The Kier molecular flexibility index (Phi) is 5.16. The molecule has 0 radical (unpaired) electrons. The molecule has 4 heteroatoms. The van der Waals surface area contributed by atoms with E-state index in [4.69, 9.17) is 4.74 Å². The summed E-state index contributed by atoms with van der Waals surface area (Å²) in [6, 6.07) is 7.20. The van der Waals surface area contributed by atoms with Crippen molar-refractivity contribution in [2.24, 2.45) is 0 Å². The van der Waals surface area contributed by atoms with Gasteiger partial charge in [-0.25, -0.2) is 9.18 Å². The molecule has 2 bridgehead atoms. The minimum Gasteiger partial charge on any atom is -0.444 e. The first-order valence-corrected chi connectivity index (χ1v) is 9.27. The van der Waals surface area contributed by atoms with Gasteiger partial charge in [0.05, 0.1) is 6.04 Å². The summed E-state index contributed by atoms with van der Waals surface area (Å²) in [5.41, 5.74) is 1.95. The molecule has 0 N–H and O–H groups in total. The number of fused-ring (bicyclic) bond motifs is 2. The normalized spacial score (nSPS) is 23.2. The lowest BCUT2D eigenvalue weighted by atomic mass is 9.83. The Morgan fingerprint density at radius 2 is 2.08 bits per heavy atom. The SMILES string of the molecule is CC(C)(C)OC(=O)N1C2C=C(CCc3cccc(F)c3)CC1CCC2. The topological polar surface area (TPSA) is 29.5 Å². The molecule has 1 aromatic rings. The number of amides is 1. The molecule has 3 nitrogen and oxygen atoms in total. The predicted molar refractivity (Wildman–Crippen MR) is 96.9 cm³/mol. The van der Waals surface area contributed by atoms with Crippen LogP contribution in [0.4, 0.5) is 9.18 Å². The number of benzene rings is 1. The van der Waals surface area contributed by atoms with Crippen molar-refractivity contribution in [3.8, 4) is 0 Å². The third kappa shape index (κ3) is 4.62. The van der Waals surface area contributed by atoms with Crippen LogP contribution in [0.2, 0.25) is 0 Å². The molecular weight excluding hydrogens is 317 g/mol. The Hall–Kier alpha value is -1.84. The van der Waals surface area contributed by atoms with Crippen LogP contribution >= 0.6 is 0 Å². The monoisotopic (exact) mass is 345 g/mol. The molecule has 3 rings (SSSR count). The first-order chi connectivity index (χ1) is 11.8. The first-order valence-electron chi connectivity index (χ1n) is 9.27. The molecule has 25 heavy (non-hydrogen) atoms. The van der Waals surface area contributed by atoms with Crippen LogP contribution in [0.15, 0.2) is 35.9 Å². The number of ether oxygens (including phenoxy) is 1. The summed E-state index contributed by atoms with van der Waals surface area (Å²) in [6.07, 6.45) is 7.93. The van der Waals surface area contributed by atoms with Gasteiger partial charge in [0.2, 0.25) is 0 Å². The van der Waals surface area contributed by atoms with E-state index in [-0.39, 0.29) is 24.0 Å². The zero-order valence-corrected chi connectivity index (χ0v) is 15.4. The molecule has 1 fully saturated rings. The second kappa shape index (κ2) is 7.19. The number of rotatable bonds is 3. The molecule has 2 aliphatic rings. The van der Waals surface area contributed by atoms with Gasteiger partial charge in [0.1, 0.15) is 11.4 Å². The summed E-state index contributed by atoms with van der Waals surface area (Å²) >= 11 is 0. The van der Waals surface area contributed by atoms with Gasteiger partial charge >= 0.3 is 6.09 Å². The number of carbonyl (C=O) groups is 1. The minimum absolute atomic E-state index is 0.143. The van der Waals surface area contributed by atoms with Crippen LogP contribution in [0.1, 0.15) is 58.4 Å². The van der Waals surface area contributed by atoms with Crippen molar-refractivity contribution in [2.75, 3.05) is 0 Å². The van der Waals surface area contributed by atoms with E-state index in [0.717, 1.165) is 44.1 Å². The average Bonchev–Trinajstić information content (AvgIpc) is 2.50. The quantitative estimate of drug-likeness (QED) is 0.701. The van der Waals surface area contributed by atoms with Crippen LogP contribution in [-0.2, 0) is 11.2 Å². The third-order valence-corrected chi connectivity index (χ3v) is 4.94. The van der Waals surface area contributed by atoms with Gasteiger partial charge in [-0.1, -0.05) is 23.8 Å². The summed E-state index contributed by atoms with van der Waals surface area (Å²) in [6.45, 7) is 5.72. The maximum absolute atomic E-state index is 13.3. The van der Waals surface area contributed by atoms with E-state index in [9.17, 15) is 9.18 Å². The lowest BCUT2D eigenvalue weighted by Crippen LogP contribution is -2.53. The van der Waals surface area contributed by atoms with E-state index in [1.807, 2.05) is 31.7 Å². The van der Waals surface area contributed by atoms with Crippen molar-refractivity contribution in [1.29, 1.82) is 0 Å². The van der Waals surface area contributed by atoms with Gasteiger partial charge < -0.3 is 4.74 Å². The van der Waals surface area contributed by atoms with Gasteiger partial charge in [0, 0.05) is 6.04 Å². The molecule has 0 aliphatic carbocycles. The van der Waals surface area contributed by atoms with Gasteiger partial charge in [0.15, 0.2) is 0 Å². The predicted octanol–water partition coefficient (Wildman–Crippen LogP) is 5.25. The maximum atomic E-state index is 13.3. The molecule has 1 amide bonds. The molecule has 1 aromatic carbocycles. The number of aryl methyl sites for hydroxylation is 1. The number of nitrogens with zero attached hydrogens (tertiary/aromatic N) is 1. The van der Waals surface area contributed by atoms with E-state index in [1.54, 1.807) is 12.1 Å². The molecular formula is C21H28FNO2. The minimum atomic E-state index is -0.466. The van der Waals surface area contributed by atoms with Crippen molar-refractivity contribution in [3.63, 3.8) is 0 Å². The molecule has 2 atom stereocenters. The number of halogens is 1. The Balaban J connectivity index is 1.67. The zero-order valence-electron chi connectivity index (χ0n) is 15.4. The van der Waals surface area contributed by atoms with E-state index in [0.29, 0.717) is 0 Å². The molecule has 0 spiro atoms. The van der Waals surface area contributed by atoms with Gasteiger partial charge in [-0.3, -0.25) is 4.90 Å². The summed E-state index contributed by atoms with van der Waals surface area (Å²) in [5.74, 6) is -0.178. The van der Waals surface area contributed by atoms with Gasteiger partial charge in [-0.15, -0.1) is 0 Å². The van der Waals surface area contributed by atoms with Crippen LogP contribution in [0.25, 0.3) is 0 Å². The first kappa shape index (κ1) is 18.0.